The third kappa shape index (κ3) is 3.62. The zero-order chi connectivity index (χ0) is 13.8. The number of hydrogen-bond acceptors (Lipinski definition) is 4. The van der Waals surface area contributed by atoms with Crippen LogP contribution in [0.3, 0.4) is 0 Å². The summed E-state index contributed by atoms with van der Waals surface area (Å²) in [5, 5.41) is 3.46. The Morgan fingerprint density at radius 1 is 1.47 bits per heavy atom. The van der Waals surface area contributed by atoms with E-state index in [1.54, 1.807) is 6.92 Å². The molecular weight excluding hydrogens is 243 g/mol. The van der Waals surface area contributed by atoms with E-state index in [0.717, 1.165) is 26.1 Å². The maximum Gasteiger partial charge on any atom is 0.186 e. The van der Waals surface area contributed by atoms with Crippen molar-refractivity contribution in [2.45, 2.75) is 39.7 Å². The highest BCUT2D eigenvalue weighted by atomic mass is 19.1. The van der Waals surface area contributed by atoms with Gasteiger partial charge in [0.05, 0.1) is 5.69 Å². The van der Waals surface area contributed by atoms with Crippen LogP contribution in [0.15, 0.2) is 6.33 Å². The first-order valence-electron chi connectivity index (χ1n) is 7.03. The van der Waals surface area contributed by atoms with Crippen molar-refractivity contribution >= 4 is 5.82 Å². The van der Waals surface area contributed by atoms with Crippen molar-refractivity contribution in [1.82, 2.24) is 15.3 Å². The number of hydrogen-bond donors (Lipinski definition) is 1. The van der Waals surface area contributed by atoms with Gasteiger partial charge in [-0.3, -0.25) is 0 Å². The van der Waals surface area contributed by atoms with E-state index in [1.165, 1.54) is 12.7 Å². The minimum absolute atomic E-state index is 0.291. The van der Waals surface area contributed by atoms with Crippen LogP contribution in [-0.4, -0.2) is 35.6 Å². The third-order valence-electron chi connectivity index (χ3n) is 3.43. The first kappa shape index (κ1) is 14.2. The van der Waals surface area contributed by atoms with E-state index in [0.29, 0.717) is 23.5 Å². The van der Waals surface area contributed by atoms with Crippen LogP contribution in [0.2, 0.25) is 0 Å². The molecule has 0 radical (unpaired) electrons. The van der Waals surface area contributed by atoms with Gasteiger partial charge in [-0.05, 0) is 32.2 Å². The first-order valence-corrected chi connectivity index (χ1v) is 7.03. The molecule has 4 nitrogen and oxygen atoms in total. The van der Waals surface area contributed by atoms with Gasteiger partial charge >= 0.3 is 0 Å². The van der Waals surface area contributed by atoms with Gasteiger partial charge in [0.25, 0.3) is 0 Å². The summed E-state index contributed by atoms with van der Waals surface area (Å²) >= 11 is 0. The maximum atomic E-state index is 14.2. The predicted octanol–water partition coefficient (Wildman–Crippen LogP) is 2.14. The number of aromatic nitrogens is 2. The Balaban J connectivity index is 2.17. The molecule has 0 bridgehead atoms. The lowest BCUT2D eigenvalue weighted by Gasteiger charge is -2.28. The Bertz CT molecular complexity index is 416. The van der Waals surface area contributed by atoms with Gasteiger partial charge in [-0.15, -0.1) is 0 Å². The standard InChI is InChI=1S/C14H23FN4/c1-10(2)7-19(8-12-5-4-6-16-12)14-13(15)11(3)17-9-18-14/h9-10,12,16H,4-8H2,1-3H3. The molecule has 2 heterocycles. The van der Waals surface area contributed by atoms with Crippen molar-refractivity contribution in [2.24, 2.45) is 5.92 Å². The zero-order valence-electron chi connectivity index (χ0n) is 12.0. The summed E-state index contributed by atoms with van der Waals surface area (Å²) in [6, 6.07) is 0.438. The summed E-state index contributed by atoms with van der Waals surface area (Å²) in [5.74, 6) is 0.618. The van der Waals surface area contributed by atoms with E-state index < -0.39 is 0 Å². The predicted molar refractivity (Wildman–Crippen MR) is 74.8 cm³/mol. The smallest absolute Gasteiger partial charge is 0.186 e. The number of nitrogens with zero attached hydrogens (tertiary/aromatic N) is 3. The molecule has 1 N–H and O–H groups in total. The van der Waals surface area contributed by atoms with Crippen LogP contribution in [0, 0.1) is 18.7 Å². The van der Waals surface area contributed by atoms with Crippen LogP contribution in [-0.2, 0) is 0 Å². The zero-order valence-corrected chi connectivity index (χ0v) is 12.0. The molecule has 0 spiro atoms. The van der Waals surface area contributed by atoms with Crippen molar-refractivity contribution in [3.05, 3.63) is 17.8 Å². The molecule has 1 unspecified atom stereocenters. The van der Waals surface area contributed by atoms with E-state index >= 15 is 0 Å². The van der Waals surface area contributed by atoms with Crippen molar-refractivity contribution in [2.75, 3.05) is 24.5 Å². The number of aryl methyl sites for hydroxylation is 1. The van der Waals surface area contributed by atoms with Crippen molar-refractivity contribution in [3.8, 4) is 0 Å². The molecule has 2 rings (SSSR count). The molecule has 1 atom stereocenters. The molecule has 1 aliphatic rings. The fourth-order valence-electron chi connectivity index (χ4n) is 2.53. The highest BCUT2D eigenvalue weighted by Crippen LogP contribution is 2.20. The maximum absolute atomic E-state index is 14.2. The summed E-state index contributed by atoms with van der Waals surface area (Å²) < 4.78 is 14.2. The highest BCUT2D eigenvalue weighted by molar-refractivity contribution is 5.41. The molecule has 1 aromatic heterocycles. The van der Waals surface area contributed by atoms with Gasteiger partial charge in [-0.1, -0.05) is 13.8 Å². The molecule has 1 saturated heterocycles. The first-order chi connectivity index (χ1) is 9.08. The van der Waals surface area contributed by atoms with E-state index in [9.17, 15) is 4.39 Å². The van der Waals surface area contributed by atoms with E-state index in [-0.39, 0.29) is 5.82 Å². The number of nitrogens with one attached hydrogen (secondary N) is 1. The van der Waals surface area contributed by atoms with Crippen LogP contribution >= 0.6 is 0 Å². The molecular formula is C14H23FN4. The van der Waals surface area contributed by atoms with Crippen LogP contribution in [0.25, 0.3) is 0 Å². The van der Waals surface area contributed by atoms with Gasteiger partial charge in [-0.25, -0.2) is 14.4 Å². The normalized spacial score (nSPS) is 19.1. The minimum atomic E-state index is -0.291. The van der Waals surface area contributed by atoms with Gasteiger partial charge in [0.2, 0.25) is 0 Å². The fourth-order valence-corrected chi connectivity index (χ4v) is 2.53. The minimum Gasteiger partial charge on any atom is -0.352 e. The Morgan fingerprint density at radius 2 is 2.26 bits per heavy atom. The second-order valence-electron chi connectivity index (χ2n) is 5.69. The molecule has 5 heteroatoms. The van der Waals surface area contributed by atoms with Gasteiger partial charge in [0, 0.05) is 19.1 Å². The molecule has 106 valence electrons. The van der Waals surface area contributed by atoms with Gasteiger partial charge in [-0.2, -0.15) is 0 Å². The SMILES string of the molecule is Cc1ncnc(N(CC(C)C)CC2CCCN2)c1F. The third-order valence-corrected chi connectivity index (χ3v) is 3.43. The van der Waals surface area contributed by atoms with E-state index in [1.807, 2.05) is 0 Å². The summed E-state index contributed by atoms with van der Waals surface area (Å²) in [6.07, 6.45) is 3.80. The topological polar surface area (TPSA) is 41.1 Å². The second kappa shape index (κ2) is 6.28. The van der Waals surface area contributed by atoms with Crippen molar-refractivity contribution in [3.63, 3.8) is 0 Å². The van der Waals surface area contributed by atoms with E-state index in [4.69, 9.17) is 0 Å². The Morgan fingerprint density at radius 3 is 2.89 bits per heavy atom. The lowest BCUT2D eigenvalue weighted by molar-refractivity contribution is 0.519. The van der Waals surface area contributed by atoms with Crippen LogP contribution in [0.4, 0.5) is 10.2 Å². The molecule has 1 fully saturated rings. The fraction of sp³-hybridized carbons (Fsp3) is 0.714. The Hall–Kier alpha value is -1.23. The summed E-state index contributed by atoms with van der Waals surface area (Å²) in [4.78, 5) is 10.1. The summed E-state index contributed by atoms with van der Waals surface area (Å²) in [6.45, 7) is 8.65. The van der Waals surface area contributed by atoms with E-state index in [2.05, 4.69) is 34.0 Å². The number of halogens is 1. The number of anilines is 1. The quantitative estimate of drug-likeness (QED) is 0.886. The molecule has 19 heavy (non-hydrogen) atoms. The van der Waals surface area contributed by atoms with Crippen molar-refractivity contribution in [1.29, 1.82) is 0 Å². The molecule has 0 saturated carbocycles. The molecule has 1 aromatic rings. The lowest BCUT2D eigenvalue weighted by atomic mass is 10.1. The second-order valence-corrected chi connectivity index (χ2v) is 5.69. The Kier molecular flexibility index (Phi) is 4.69. The van der Waals surface area contributed by atoms with Crippen molar-refractivity contribution < 1.29 is 4.39 Å². The average molecular weight is 266 g/mol. The molecule has 0 amide bonds. The lowest BCUT2D eigenvalue weighted by Crippen LogP contribution is -2.40. The Labute approximate surface area is 114 Å². The molecule has 1 aliphatic heterocycles. The largest absolute Gasteiger partial charge is 0.352 e. The number of rotatable bonds is 5. The average Bonchev–Trinajstić information content (AvgIpc) is 2.84. The van der Waals surface area contributed by atoms with Crippen LogP contribution < -0.4 is 10.2 Å². The molecule has 0 aromatic carbocycles. The van der Waals surface area contributed by atoms with Crippen LogP contribution in [0.1, 0.15) is 32.4 Å². The highest BCUT2D eigenvalue weighted by Gasteiger charge is 2.22. The van der Waals surface area contributed by atoms with Gasteiger partial charge in [0.1, 0.15) is 6.33 Å². The molecule has 0 aliphatic carbocycles. The van der Waals surface area contributed by atoms with Gasteiger partial charge in [0.15, 0.2) is 11.6 Å². The van der Waals surface area contributed by atoms with Gasteiger partial charge < -0.3 is 10.2 Å². The summed E-state index contributed by atoms with van der Waals surface area (Å²) in [7, 11) is 0. The summed E-state index contributed by atoms with van der Waals surface area (Å²) in [5.41, 5.74) is 0.415. The van der Waals surface area contributed by atoms with Crippen LogP contribution in [0.5, 0.6) is 0 Å². The monoisotopic (exact) mass is 266 g/mol.